The van der Waals surface area contributed by atoms with Gasteiger partial charge in [0.25, 0.3) is 5.91 Å². The number of hydrogen-bond donors (Lipinski definition) is 1. The summed E-state index contributed by atoms with van der Waals surface area (Å²) in [5.74, 6) is 4.56. The summed E-state index contributed by atoms with van der Waals surface area (Å²) < 4.78 is 14.0. The van der Waals surface area contributed by atoms with Gasteiger partial charge in [0, 0.05) is 18.7 Å². The first kappa shape index (κ1) is 16.2. The van der Waals surface area contributed by atoms with Crippen LogP contribution in [0.3, 0.4) is 0 Å². The molecule has 4 heteroatoms. The molecule has 0 saturated heterocycles. The van der Waals surface area contributed by atoms with Gasteiger partial charge < -0.3 is 10.6 Å². The third-order valence-electron chi connectivity index (χ3n) is 3.34. The first-order chi connectivity index (χ1) is 9.54. The van der Waals surface area contributed by atoms with E-state index >= 15 is 0 Å². The molecule has 20 heavy (non-hydrogen) atoms. The van der Waals surface area contributed by atoms with Crippen LogP contribution in [0.5, 0.6) is 0 Å². The molecule has 108 valence electrons. The van der Waals surface area contributed by atoms with Gasteiger partial charge in [0.05, 0.1) is 12.1 Å². The predicted molar refractivity (Wildman–Crippen MR) is 78.8 cm³/mol. The van der Waals surface area contributed by atoms with E-state index in [1.807, 2.05) is 13.8 Å². The van der Waals surface area contributed by atoms with E-state index in [9.17, 15) is 9.18 Å². The Morgan fingerprint density at radius 2 is 2.05 bits per heavy atom. The Balaban J connectivity index is 2.99. The van der Waals surface area contributed by atoms with Gasteiger partial charge in [-0.15, -0.1) is 0 Å². The molecule has 0 unspecified atom stereocenters. The molecule has 1 aromatic rings. The Labute approximate surface area is 120 Å². The van der Waals surface area contributed by atoms with Gasteiger partial charge in [0.15, 0.2) is 0 Å². The molecule has 0 bridgehead atoms. The van der Waals surface area contributed by atoms with E-state index in [1.165, 1.54) is 12.1 Å². The number of carbonyl (C=O) groups is 1. The van der Waals surface area contributed by atoms with Crippen LogP contribution in [0.25, 0.3) is 0 Å². The maximum Gasteiger partial charge on any atom is 0.256 e. The molecule has 0 spiro atoms. The standard InChI is InChI=1S/C16H21FN2O/c1-4-13(5-2)19(3)16(20)14-9-8-12(7-6-10-18)11-15(14)17/h8-9,11,13H,4-5,10,18H2,1-3H3. The maximum absolute atomic E-state index is 14.0. The topological polar surface area (TPSA) is 46.3 Å². The number of benzene rings is 1. The minimum Gasteiger partial charge on any atom is -0.339 e. The highest BCUT2D eigenvalue weighted by molar-refractivity contribution is 5.94. The third kappa shape index (κ3) is 3.82. The molecule has 1 rings (SSSR count). The summed E-state index contributed by atoms with van der Waals surface area (Å²) in [6.45, 7) is 4.25. The molecule has 0 aromatic heterocycles. The highest BCUT2D eigenvalue weighted by atomic mass is 19.1. The molecule has 0 saturated carbocycles. The van der Waals surface area contributed by atoms with E-state index in [-0.39, 0.29) is 24.1 Å². The average molecular weight is 276 g/mol. The van der Waals surface area contributed by atoms with Crippen LogP contribution in [0, 0.1) is 17.7 Å². The normalized spacial score (nSPS) is 10.1. The van der Waals surface area contributed by atoms with Crippen molar-refractivity contribution in [1.82, 2.24) is 4.90 Å². The molecule has 0 aliphatic carbocycles. The fourth-order valence-electron chi connectivity index (χ4n) is 2.11. The van der Waals surface area contributed by atoms with Crippen molar-refractivity contribution < 1.29 is 9.18 Å². The molecule has 0 fully saturated rings. The molecule has 1 amide bonds. The van der Waals surface area contributed by atoms with Crippen LogP contribution in [0.1, 0.15) is 42.6 Å². The number of nitrogens with zero attached hydrogens (tertiary/aromatic N) is 1. The average Bonchev–Trinajstić information content (AvgIpc) is 2.45. The zero-order chi connectivity index (χ0) is 15.1. The van der Waals surface area contributed by atoms with Gasteiger partial charge in [-0.05, 0) is 31.0 Å². The summed E-state index contributed by atoms with van der Waals surface area (Å²) in [5, 5.41) is 0. The van der Waals surface area contributed by atoms with Crippen molar-refractivity contribution in [2.24, 2.45) is 5.73 Å². The molecule has 0 radical (unpaired) electrons. The Morgan fingerprint density at radius 3 is 2.55 bits per heavy atom. The Bertz CT molecular complexity index is 527. The molecule has 1 aromatic carbocycles. The maximum atomic E-state index is 14.0. The number of halogens is 1. The van der Waals surface area contributed by atoms with Gasteiger partial charge in [-0.1, -0.05) is 25.7 Å². The smallest absolute Gasteiger partial charge is 0.256 e. The number of nitrogens with two attached hydrogens (primary N) is 1. The fraction of sp³-hybridized carbons (Fsp3) is 0.438. The monoisotopic (exact) mass is 276 g/mol. The van der Waals surface area contributed by atoms with Gasteiger partial charge in [0.1, 0.15) is 5.82 Å². The van der Waals surface area contributed by atoms with Gasteiger partial charge in [-0.2, -0.15) is 0 Å². The van der Waals surface area contributed by atoms with Crippen molar-refractivity contribution in [2.75, 3.05) is 13.6 Å². The summed E-state index contributed by atoms with van der Waals surface area (Å²) >= 11 is 0. The van der Waals surface area contributed by atoms with E-state index in [0.29, 0.717) is 5.56 Å². The number of carbonyl (C=O) groups excluding carboxylic acids is 1. The SMILES string of the molecule is CCC(CC)N(C)C(=O)c1ccc(C#CCN)cc1F. The summed E-state index contributed by atoms with van der Waals surface area (Å²) in [4.78, 5) is 13.9. The van der Waals surface area contributed by atoms with E-state index in [2.05, 4.69) is 11.8 Å². The fourth-order valence-corrected chi connectivity index (χ4v) is 2.11. The first-order valence-electron chi connectivity index (χ1n) is 6.80. The van der Waals surface area contributed by atoms with Crippen molar-refractivity contribution >= 4 is 5.91 Å². The summed E-state index contributed by atoms with van der Waals surface area (Å²) in [5.41, 5.74) is 5.87. The van der Waals surface area contributed by atoms with Crippen LogP contribution < -0.4 is 5.73 Å². The quantitative estimate of drug-likeness (QED) is 0.858. The largest absolute Gasteiger partial charge is 0.339 e. The number of amides is 1. The van der Waals surface area contributed by atoms with Crippen molar-refractivity contribution in [3.63, 3.8) is 0 Å². The second kappa shape index (κ2) is 7.66. The zero-order valence-corrected chi connectivity index (χ0v) is 12.2. The predicted octanol–water partition coefficient (Wildman–Crippen LogP) is 2.40. The summed E-state index contributed by atoms with van der Waals surface area (Å²) in [6.07, 6.45) is 1.70. The van der Waals surface area contributed by atoms with Crippen molar-refractivity contribution in [3.8, 4) is 11.8 Å². The third-order valence-corrected chi connectivity index (χ3v) is 3.34. The van der Waals surface area contributed by atoms with Crippen molar-refractivity contribution in [2.45, 2.75) is 32.7 Å². The molecule has 0 aliphatic rings. The molecule has 0 aliphatic heterocycles. The van der Waals surface area contributed by atoms with Crippen molar-refractivity contribution in [3.05, 3.63) is 35.1 Å². The van der Waals surface area contributed by atoms with Crippen LogP contribution in [0.2, 0.25) is 0 Å². The van der Waals surface area contributed by atoms with Gasteiger partial charge >= 0.3 is 0 Å². The summed E-state index contributed by atoms with van der Waals surface area (Å²) in [6, 6.07) is 4.52. The van der Waals surface area contributed by atoms with Gasteiger partial charge in [-0.3, -0.25) is 4.79 Å². The van der Waals surface area contributed by atoms with Crippen LogP contribution in [0.15, 0.2) is 18.2 Å². The lowest BCUT2D eigenvalue weighted by molar-refractivity contribution is 0.0719. The van der Waals surface area contributed by atoms with Crippen LogP contribution in [-0.2, 0) is 0 Å². The molecule has 0 atom stereocenters. The Morgan fingerprint density at radius 1 is 1.40 bits per heavy atom. The van der Waals surface area contributed by atoms with E-state index in [0.717, 1.165) is 12.8 Å². The van der Waals surface area contributed by atoms with Gasteiger partial charge in [-0.25, -0.2) is 4.39 Å². The minimum atomic E-state index is -0.545. The van der Waals surface area contributed by atoms with E-state index < -0.39 is 5.82 Å². The molecule has 0 heterocycles. The lowest BCUT2D eigenvalue weighted by atomic mass is 10.1. The summed E-state index contributed by atoms with van der Waals surface area (Å²) in [7, 11) is 1.71. The molecule has 3 nitrogen and oxygen atoms in total. The molecule has 2 N–H and O–H groups in total. The number of rotatable bonds is 4. The van der Waals surface area contributed by atoms with Crippen molar-refractivity contribution in [1.29, 1.82) is 0 Å². The van der Waals surface area contributed by atoms with E-state index in [4.69, 9.17) is 5.73 Å². The highest BCUT2D eigenvalue weighted by Gasteiger charge is 2.21. The number of hydrogen-bond acceptors (Lipinski definition) is 2. The van der Waals surface area contributed by atoms with Crippen LogP contribution in [0.4, 0.5) is 4.39 Å². The van der Waals surface area contributed by atoms with Gasteiger partial charge in [0.2, 0.25) is 0 Å². The minimum absolute atomic E-state index is 0.0812. The lowest BCUT2D eigenvalue weighted by Gasteiger charge is -2.26. The highest BCUT2D eigenvalue weighted by Crippen LogP contribution is 2.15. The van der Waals surface area contributed by atoms with Crippen LogP contribution >= 0.6 is 0 Å². The zero-order valence-electron chi connectivity index (χ0n) is 12.2. The Kier molecular flexibility index (Phi) is 6.20. The molecular formula is C16H21FN2O. The first-order valence-corrected chi connectivity index (χ1v) is 6.80. The van der Waals surface area contributed by atoms with E-state index in [1.54, 1.807) is 18.0 Å². The Hall–Kier alpha value is -1.86. The molecular weight excluding hydrogens is 255 g/mol. The lowest BCUT2D eigenvalue weighted by Crippen LogP contribution is -2.36. The second-order valence-corrected chi connectivity index (χ2v) is 4.59. The second-order valence-electron chi connectivity index (χ2n) is 4.59. The van der Waals surface area contributed by atoms with Crippen LogP contribution in [-0.4, -0.2) is 30.4 Å².